The van der Waals surface area contributed by atoms with Crippen molar-refractivity contribution in [2.75, 3.05) is 0 Å². The molecule has 2 N–H and O–H groups in total. The molecule has 1 nitrogen and oxygen atoms in total. The molecule has 0 aromatic heterocycles. The first kappa shape index (κ1) is 10.6. The van der Waals surface area contributed by atoms with Gasteiger partial charge in [0.2, 0.25) is 0 Å². The molecule has 3 aliphatic carbocycles. The second-order valence-corrected chi connectivity index (χ2v) is 5.85. The van der Waals surface area contributed by atoms with Gasteiger partial charge >= 0.3 is 0 Å². The largest absolute Gasteiger partial charge is 0.324 e. The quantitative estimate of drug-likeness (QED) is 0.752. The highest BCUT2D eigenvalue weighted by Gasteiger charge is 2.30. The van der Waals surface area contributed by atoms with E-state index in [0.29, 0.717) is 6.04 Å². The van der Waals surface area contributed by atoms with Gasteiger partial charge in [-0.25, -0.2) is 0 Å². The zero-order chi connectivity index (χ0) is 11.0. The zero-order valence-electron chi connectivity index (χ0n) is 10.1. The SMILES string of the molecule is NC1CCC(CC2CCCC2)C2=C1CC=C2. The van der Waals surface area contributed by atoms with E-state index in [1.165, 1.54) is 44.9 Å². The molecule has 1 saturated carbocycles. The van der Waals surface area contributed by atoms with Gasteiger partial charge in [0.05, 0.1) is 0 Å². The van der Waals surface area contributed by atoms with Crippen molar-refractivity contribution in [3.63, 3.8) is 0 Å². The molecule has 16 heavy (non-hydrogen) atoms. The normalized spacial score (nSPS) is 34.8. The van der Waals surface area contributed by atoms with Gasteiger partial charge in [0, 0.05) is 6.04 Å². The van der Waals surface area contributed by atoms with Crippen molar-refractivity contribution < 1.29 is 0 Å². The number of nitrogens with two attached hydrogens (primary N) is 1. The number of hydrogen-bond donors (Lipinski definition) is 1. The topological polar surface area (TPSA) is 26.0 Å². The molecule has 2 atom stereocenters. The molecule has 2 unspecified atom stereocenters. The average molecular weight is 217 g/mol. The van der Waals surface area contributed by atoms with Crippen LogP contribution in [0, 0.1) is 11.8 Å². The fraction of sp³-hybridized carbons (Fsp3) is 0.733. The van der Waals surface area contributed by atoms with Crippen molar-refractivity contribution in [3.05, 3.63) is 23.3 Å². The van der Waals surface area contributed by atoms with E-state index in [4.69, 9.17) is 5.73 Å². The molecule has 0 aromatic carbocycles. The molecule has 3 aliphatic rings. The van der Waals surface area contributed by atoms with E-state index >= 15 is 0 Å². The molecular formula is C15H23N. The predicted molar refractivity (Wildman–Crippen MR) is 68.1 cm³/mol. The van der Waals surface area contributed by atoms with E-state index in [9.17, 15) is 0 Å². The Bertz CT molecular complexity index is 320. The summed E-state index contributed by atoms with van der Waals surface area (Å²) in [6.07, 6.45) is 15.7. The van der Waals surface area contributed by atoms with Crippen molar-refractivity contribution in [1.29, 1.82) is 0 Å². The molecule has 0 aromatic rings. The monoisotopic (exact) mass is 217 g/mol. The minimum Gasteiger partial charge on any atom is -0.324 e. The lowest BCUT2D eigenvalue weighted by atomic mass is 9.77. The molecule has 88 valence electrons. The Kier molecular flexibility index (Phi) is 2.89. The Hall–Kier alpha value is -0.560. The minimum absolute atomic E-state index is 0.366. The van der Waals surface area contributed by atoms with Crippen LogP contribution in [0.4, 0.5) is 0 Å². The van der Waals surface area contributed by atoms with Gasteiger partial charge < -0.3 is 5.73 Å². The van der Waals surface area contributed by atoms with Gasteiger partial charge in [0.1, 0.15) is 0 Å². The molecule has 0 heterocycles. The highest BCUT2D eigenvalue weighted by Crippen LogP contribution is 2.41. The summed E-state index contributed by atoms with van der Waals surface area (Å²) in [4.78, 5) is 0. The van der Waals surface area contributed by atoms with Gasteiger partial charge in [-0.2, -0.15) is 0 Å². The molecular weight excluding hydrogens is 194 g/mol. The van der Waals surface area contributed by atoms with E-state index in [2.05, 4.69) is 12.2 Å². The zero-order valence-corrected chi connectivity index (χ0v) is 10.1. The highest BCUT2D eigenvalue weighted by atomic mass is 14.6. The molecule has 1 fully saturated rings. The first-order valence-electron chi connectivity index (χ1n) is 6.99. The number of allylic oxidation sites excluding steroid dienone is 3. The average Bonchev–Trinajstić information content (AvgIpc) is 2.92. The van der Waals surface area contributed by atoms with Crippen LogP contribution in [0.2, 0.25) is 0 Å². The second-order valence-electron chi connectivity index (χ2n) is 5.85. The lowest BCUT2D eigenvalue weighted by Crippen LogP contribution is -2.29. The van der Waals surface area contributed by atoms with Gasteiger partial charge in [-0.3, -0.25) is 0 Å². The molecule has 1 heteroatoms. The van der Waals surface area contributed by atoms with Crippen LogP contribution in [0.15, 0.2) is 23.3 Å². The van der Waals surface area contributed by atoms with E-state index in [0.717, 1.165) is 18.3 Å². The predicted octanol–water partition coefficient (Wildman–Crippen LogP) is 3.56. The van der Waals surface area contributed by atoms with Crippen LogP contribution in [-0.4, -0.2) is 6.04 Å². The maximum Gasteiger partial charge on any atom is 0.0262 e. The summed E-state index contributed by atoms with van der Waals surface area (Å²) < 4.78 is 0. The highest BCUT2D eigenvalue weighted by molar-refractivity contribution is 5.40. The van der Waals surface area contributed by atoms with Crippen LogP contribution in [0.3, 0.4) is 0 Å². The summed E-state index contributed by atoms with van der Waals surface area (Å²) in [5, 5.41) is 0. The lowest BCUT2D eigenvalue weighted by molar-refractivity contribution is 0.369. The molecule has 0 amide bonds. The van der Waals surface area contributed by atoms with Gasteiger partial charge in [-0.05, 0) is 48.7 Å². The number of rotatable bonds is 2. The van der Waals surface area contributed by atoms with Crippen molar-refractivity contribution in [3.8, 4) is 0 Å². The van der Waals surface area contributed by atoms with Gasteiger partial charge in [-0.1, -0.05) is 37.8 Å². The summed E-state index contributed by atoms with van der Waals surface area (Å²) >= 11 is 0. The molecule has 3 rings (SSSR count). The molecule has 0 aliphatic heterocycles. The lowest BCUT2D eigenvalue weighted by Gasteiger charge is -2.30. The Morgan fingerprint density at radius 2 is 1.94 bits per heavy atom. The fourth-order valence-electron chi connectivity index (χ4n) is 3.91. The van der Waals surface area contributed by atoms with E-state index in [-0.39, 0.29) is 0 Å². The maximum atomic E-state index is 6.19. The van der Waals surface area contributed by atoms with Gasteiger partial charge in [0.25, 0.3) is 0 Å². The van der Waals surface area contributed by atoms with Crippen molar-refractivity contribution in [2.45, 2.75) is 57.4 Å². The third-order valence-electron chi connectivity index (χ3n) is 4.81. The van der Waals surface area contributed by atoms with Crippen LogP contribution in [-0.2, 0) is 0 Å². The smallest absolute Gasteiger partial charge is 0.0262 e. The molecule has 0 bridgehead atoms. The van der Waals surface area contributed by atoms with Crippen molar-refractivity contribution >= 4 is 0 Å². The van der Waals surface area contributed by atoms with E-state index < -0.39 is 0 Å². The third-order valence-corrected chi connectivity index (χ3v) is 4.81. The molecule has 0 spiro atoms. The van der Waals surface area contributed by atoms with E-state index in [1.807, 2.05) is 0 Å². The number of hydrogen-bond acceptors (Lipinski definition) is 1. The van der Waals surface area contributed by atoms with Crippen LogP contribution in [0.1, 0.15) is 51.4 Å². The Labute approximate surface area is 98.8 Å². The third kappa shape index (κ3) is 1.86. The van der Waals surface area contributed by atoms with Crippen LogP contribution in [0.5, 0.6) is 0 Å². The summed E-state index contributed by atoms with van der Waals surface area (Å²) in [6.45, 7) is 0. The Morgan fingerprint density at radius 1 is 1.12 bits per heavy atom. The second kappa shape index (κ2) is 4.37. The first-order valence-corrected chi connectivity index (χ1v) is 6.99. The molecule has 0 saturated heterocycles. The van der Waals surface area contributed by atoms with Gasteiger partial charge in [-0.15, -0.1) is 0 Å². The van der Waals surface area contributed by atoms with Crippen molar-refractivity contribution in [1.82, 2.24) is 0 Å². The summed E-state index contributed by atoms with van der Waals surface area (Å²) in [5.41, 5.74) is 9.39. The summed E-state index contributed by atoms with van der Waals surface area (Å²) in [5.74, 6) is 1.86. The van der Waals surface area contributed by atoms with Crippen molar-refractivity contribution in [2.24, 2.45) is 17.6 Å². The summed E-state index contributed by atoms with van der Waals surface area (Å²) in [7, 11) is 0. The molecule has 0 radical (unpaired) electrons. The van der Waals surface area contributed by atoms with Gasteiger partial charge in [0.15, 0.2) is 0 Å². The standard InChI is InChI=1S/C15H23N/c16-15-9-8-12(10-11-4-1-2-5-11)13-6-3-7-14(13)15/h3,6,11-12,15H,1-2,4-5,7-10,16H2. The van der Waals surface area contributed by atoms with Crippen LogP contribution in [0.25, 0.3) is 0 Å². The van der Waals surface area contributed by atoms with Crippen LogP contribution < -0.4 is 5.73 Å². The fourth-order valence-corrected chi connectivity index (χ4v) is 3.91. The Morgan fingerprint density at radius 3 is 2.75 bits per heavy atom. The maximum absolute atomic E-state index is 6.19. The first-order chi connectivity index (χ1) is 7.84. The van der Waals surface area contributed by atoms with Crippen LogP contribution >= 0.6 is 0 Å². The minimum atomic E-state index is 0.366. The van der Waals surface area contributed by atoms with E-state index in [1.54, 1.807) is 11.1 Å². The summed E-state index contributed by atoms with van der Waals surface area (Å²) in [6, 6.07) is 0.366. The Balaban J connectivity index is 1.72.